The number of carboxylic acid groups (broad SMARTS) is 1. The summed E-state index contributed by atoms with van der Waals surface area (Å²) in [6.07, 6.45) is 2.03. The summed E-state index contributed by atoms with van der Waals surface area (Å²) >= 11 is 0. The predicted molar refractivity (Wildman–Crippen MR) is 126 cm³/mol. The van der Waals surface area contributed by atoms with Crippen molar-refractivity contribution < 1.29 is 27.8 Å². The van der Waals surface area contributed by atoms with Gasteiger partial charge in [-0.15, -0.1) is 0 Å². The van der Waals surface area contributed by atoms with Gasteiger partial charge in [0.2, 0.25) is 0 Å². The monoisotopic (exact) mass is 477 g/mol. The number of aliphatic carboxylic acids is 1. The Bertz CT molecular complexity index is 999. The minimum atomic E-state index is -4.51. The van der Waals surface area contributed by atoms with Gasteiger partial charge in [-0.3, -0.25) is 9.69 Å². The van der Waals surface area contributed by atoms with Crippen molar-refractivity contribution in [3.63, 3.8) is 0 Å². The lowest BCUT2D eigenvalue weighted by Crippen LogP contribution is -2.35. The summed E-state index contributed by atoms with van der Waals surface area (Å²) in [4.78, 5) is 13.3. The van der Waals surface area contributed by atoms with E-state index in [2.05, 4.69) is 11.8 Å². The largest absolute Gasteiger partial charge is 0.490 e. The highest BCUT2D eigenvalue weighted by molar-refractivity contribution is 5.89. The SMILES string of the molecule is CCC1CCC(Oc2ccc3cc(CN4CCCC(CC(=O)O)C4)ccc3c2C(F)(F)F)CC1. The van der Waals surface area contributed by atoms with Crippen LogP contribution in [-0.2, 0) is 17.5 Å². The fraction of sp³-hybridized carbons (Fsp3) is 0.593. The molecule has 0 radical (unpaired) electrons. The highest BCUT2D eigenvalue weighted by atomic mass is 19.4. The van der Waals surface area contributed by atoms with Crippen molar-refractivity contribution in [2.75, 3.05) is 13.1 Å². The third kappa shape index (κ3) is 6.04. The summed E-state index contributed by atoms with van der Waals surface area (Å²) in [5.41, 5.74) is 0.247. The van der Waals surface area contributed by atoms with E-state index in [9.17, 15) is 18.0 Å². The zero-order valence-electron chi connectivity index (χ0n) is 19.7. The van der Waals surface area contributed by atoms with Gasteiger partial charge in [0, 0.05) is 19.5 Å². The van der Waals surface area contributed by atoms with Crippen LogP contribution in [0.25, 0.3) is 10.8 Å². The Morgan fingerprint density at radius 2 is 1.85 bits per heavy atom. The van der Waals surface area contributed by atoms with Crippen molar-refractivity contribution in [1.29, 1.82) is 0 Å². The number of benzene rings is 2. The van der Waals surface area contributed by atoms with Crippen molar-refractivity contribution >= 4 is 16.7 Å². The lowest BCUT2D eigenvalue weighted by molar-refractivity contribution is -0.139. The maximum Gasteiger partial charge on any atom is 0.420 e. The molecule has 2 fully saturated rings. The third-order valence-corrected chi connectivity index (χ3v) is 7.47. The van der Waals surface area contributed by atoms with Crippen molar-refractivity contribution in [3.05, 3.63) is 41.5 Å². The standard InChI is InChI=1S/C27H34F3NO3/c1-2-18-5-9-22(10-6-18)34-24-12-8-21-14-20(7-11-23(21)26(24)27(28,29)30)17-31-13-3-4-19(16-31)15-25(32)33/h7-8,11-12,14,18-19,22H,2-6,9-10,13,15-17H2,1H3,(H,32,33). The molecule has 7 heteroatoms. The normalized spacial score (nSPS) is 24.3. The van der Waals surface area contributed by atoms with E-state index in [4.69, 9.17) is 9.84 Å². The molecule has 2 aliphatic rings. The van der Waals surface area contributed by atoms with Gasteiger partial charge in [0.25, 0.3) is 0 Å². The maximum atomic E-state index is 14.1. The second-order valence-electron chi connectivity index (χ2n) is 10.0. The van der Waals surface area contributed by atoms with Crippen LogP contribution < -0.4 is 4.74 Å². The van der Waals surface area contributed by atoms with Gasteiger partial charge in [0.05, 0.1) is 6.10 Å². The van der Waals surface area contributed by atoms with E-state index in [1.165, 1.54) is 6.07 Å². The first-order valence-corrected chi connectivity index (χ1v) is 12.5. The number of rotatable bonds is 7. The summed E-state index contributed by atoms with van der Waals surface area (Å²) in [5.74, 6) is -0.0826. The van der Waals surface area contributed by atoms with Crippen LogP contribution in [0.4, 0.5) is 13.2 Å². The summed E-state index contributed by atoms with van der Waals surface area (Å²) in [5, 5.41) is 9.79. The van der Waals surface area contributed by atoms with E-state index >= 15 is 0 Å². The smallest absolute Gasteiger partial charge is 0.420 e. The molecule has 1 saturated heterocycles. The average Bonchev–Trinajstić information content (AvgIpc) is 2.78. The highest BCUT2D eigenvalue weighted by Crippen LogP contribution is 2.43. The number of likely N-dealkylation sites (tertiary alicyclic amines) is 1. The quantitative estimate of drug-likeness (QED) is 0.472. The van der Waals surface area contributed by atoms with Crippen molar-refractivity contribution in [1.82, 2.24) is 4.90 Å². The van der Waals surface area contributed by atoms with Crippen molar-refractivity contribution in [2.45, 2.75) is 77.1 Å². The first-order valence-electron chi connectivity index (χ1n) is 12.5. The van der Waals surface area contributed by atoms with E-state index < -0.39 is 17.7 Å². The van der Waals surface area contributed by atoms with Crippen LogP contribution in [0.5, 0.6) is 5.75 Å². The number of carbonyl (C=O) groups is 1. The number of halogens is 3. The Hall–Kier alpha value is -2.28. The van der Waals surface area contributed by atoms with Gasteiger partial charge in [-0.05, 0) is 85.4 Å². The van der Waals surface area contributed by atoms with Crippen LogP contribution >= 0.6 is 0 Å². The minimum absolute atomic E-state index is 0.0692. The Balaban J connectivity index is 1.53. The second-order valence-corrected chi connectivity index (χ2v) is 10.0. The van der Waals surface area contributed by atoms with Gasteiger partial charge in [-0.25, -0.2) is 0 Å². The molecule has 1 N–H and O–H groups in total. The number of alkyl halides is 3. The van der Waals surface area contributed by atoms with Gasteiger partial charge in [-0.1, -0.05) is 31.5 Å². The molecule has 1 saturated carbocycles. The zero-order valence-corrected chi connectivity index (χ0v) is 19.7. The molecule has 0 aromatic heterocycles. The minimum Gasteiger partial charge on any atom is -0.490 e. The molecule has 1 atom stereocenters. The van der Waals surface area contributed by atoms with E-state index in [0.717, 1.165) is 57.1 Å². The average molecular weight is 478 g/mol. The molecular weight excluding hydrogens is 443 g/mol. The summed E-state index contributed by atoms with van der Waals surface area (Å²) in [6.45, 7) is 4.33. The van der Waals surface area contributed by atoms with E-state index in [0.29, 0.717) is 24.4 Å². The lowest BCUT2D eigenvalue weighted by atomic mass is 9.86. The van der Waals surface area contributed by atoms with Crippen LogP contribution in [0.3, 0.4) is 0 Å². The maximum absolute atomic E-state index is 14.1. The van der Waals surface area contributed by atoms with Crippen LogP contribution in [0.2, 0.25) is 0 Å². The topological polar surface area (TPSA) is 49.8 Å². The molecule has 1 aliphatic carbocycles. The highest BCUT2D eigenvalue weighted by Gasteiger charge is 2.37. The molecule has 186 valence electrons. The molecule has 4 rings (SSSR count). The summed E-state index contributed by atoms with van der Waals surface area (Å²) in [6, 6.07) is 8.35. The number of carboxylic acids is 1. The summed E-state index contributed by atoms with van der Waals surface area (Å²) < 4.78 is 48.3. The number of hydrogen-bond acceptors (Lipinski definition) is 3. The molecule has 34 heavy (non-hydrogen) atoms. The third-order valence-electron chi connectivity index (χ3n) is 7.47. The Morgan fingerprint density at radius 1 is 1.09 bits per heavy atom. The lowest BCUT2D eigenvalue weighted by Gasteiger charge is -2.32. The van der Waals surface area contributed by atoms with Crippen molar-refractivity contribution in [3.8, 4) is 5.75 Å². The molecular formula is C27H34F3NO3. The second kappa shape index (κ2) is 10.5. The van der Waals surface area contributed by atoms with Crippen LogP contribution in [-0.4, -0.2) is 35.2 Å². The Labute approximate surface area is 199 Å². The molecule has 1 heterocycles. The first kappa shape index (κ1) is 24.8. The molecule has 0 amide bonds. The molecule has 1 aliphatic heterocycles. The molecule has 4 nitrogen and oxygen atoms in total. The Morgan fingerprint density at radius 3 is 2.53 bits per heavy atom. The number of hydrogen-bond donors (Lipinski definition) is 1. The van der Waals surface area contributed by atoms with Crippen LogP contribution in [0, 0.1) is 11.8 Å². The first-order chi connectivity index (χ1) is 16.2. The Kier molecular flexibility index (Phi) is 7.70. The molecule has 0 spiro atoms. The molecule has 1 unspecified atom stereocenters. The molecule has 2 aromatic rings. The number of piperidine rings is 1. The van der Waals surface area contributed by atoms with Gasteiger partial charge < -0.3 is 9.84 Å². The fourth-order valence-electron chi connectivity index (χ4n) is 5.65. The van der Waals surface area contributed by atoms with Crippen LogP contribution in [0.15, 0.2) is 30.3 Å². The number of fused-ring (bicyclic) bond motifs is 1. The van der Waals surface area contributed by atoms with Gasteiger partial charge in [0.15, 0.2) is 0 Å². The van der Waals surface area contributed by atoms with Crippen molar-refractivity contribution in [2.24, 2.45) is 11.8 Å². The number of nitrogens with zero attached hydrogens (tertiary/aromatic N) is 1. The van der Waals surface area contributed by atoms with Gasteiger partial charge >= 0.3 is 12.1 Å². The van der Waals surface area contributed by atoms with E-state index in [-0.39, 0.29) is 29.6 Å². The molecule has 0 bridgehead atoms. The van der Waals surface area contributed by atoms with E-state index in [1.54, 1.807) is 18.2 Å². The zero-order chi connectivity index (χ0) is 24.3. The predicted octanol–water partition coefficient (Wildman–Crippen LogP) is 6.89. The van der Waals surface area contributed by atoms with Crippen LogP contribution in [0.1, 0.15) is 69.4 Å². The van der Waals surface area contributed by atoms with E-state index in [1.807, 2.05) is 6.07 Å². The number of ether oxygens (including phenoxy) is 1. The molecule has 2 aromatic carbocycles. The van der Waals surface area contributed by atoms with Gasteiger partial charge in [0.1, 0.15) is 11.3 Å². The van der Waals surface area contributed by atoms with Gasteiger partial charge in [-0.2, -0.15) is 13.2 Å². The fourth-order valence-corrected chi connectivity index (χ4v) is 5.65. The summed E-state index contributed by atoms with van der Waals surface area (Å²) in [7, 11) is 0.